The Labute approximate surface area is 228 Å². The SMILES string of the molecule is C=CCOC(=O)C1=C(/C(C)=C/[C@@H]2CCCN2C(=O)OCC=C)C[C@@H]2[C@@H]([C@@H](C)O[Si](C)(C)C(C)(C)C)C(=O)N12. The number of likely N-dealkylation sites (tertiary alicyclic amines) is 1. The van der Waals surface area contributed by atoms with Crippen LogP contribution in [-0.2, 0) is 23.5 Å². The van der Waals surface area contributed by atoms with Gasteiger partial charge in [0.2, 0.25) is 5.91 Å². The number of rotatable bonds is 10. The number of carbonyl (C=O) groups is 3. The molecule has 3 aliphatic rings. The van der Waals surface area contributed by atoms with E-state index >= 15 is 0 Å². The molecule has 210 valence electrons. The largest absolute Gasteiger partial charge is 0.457 e. The van der Waals surface area contributed by atoms with Gasteiger partial charge in [-0.05, 0) is 62.4 Å². The van der Waals surface area contributed by atoms with Crippen molar-refractivity contribution >= 4 is 26.3 Å². The van der Waals surface area contributed by atoms with Gasteiger partial charge in [-0.25, -0.2) is 9.59 Å². The highest BCUT2D eigenvalue weighted by molar-refractivity contribution is 6.74. The van der Waals surface area contributed by atoms with E-state index in [1.165, 1.54) is 6.08 Å². The maximum absolute atomic E-state index is 13.5. The lowest BCUT2D eigenvalue weighted by molar-refractivity contribution is -0.161. The molecule has 2 fully saturated rings. The maximum Gasteiger partial charge on any atom is 0.410 e. The molecule has 0 aliphatic carbocycles. The van der Waals surface area contributed by atoms with Gasteiger partial charge in [-0.15, -0.1) is 0 Å². The third kappa shape index (κ3) is 5.83. The minimum absolute atomic E-state index is 0.0196. The fourth-order valence-corrected chi connectivity index (χ4v) is 6.74. The second-order valence-electron chi connectivity index (χ2n) is 11.9. The highest BCUT2D eigenvalue weighted by Crippen LogP contribution is 2.48. The Hall–Kier alpha value is -2.65. The molecule has 0 bridgehead atoms. The van der Waals surface area contributed by atoms with Gasteiger partial charge < -0.3 is 23.7 Å². The number of esters is 1. The summed E-state index contributed by atoms with van der Waals surface area (Å²) in [7, 11) is -2.09. The molecule has 0 aromatic rings. The second-order valence-corrected chi connectivity index (χ2v) is 16.7. The monoisotopic (exact) mass is 544 g/mol. The quantitative estimate of drug-likeness (QED) is 0.160. The second kappa shape index (κ2) is 11.6. The van der Waals surface area contributed by atoms with Gasteiger partial charge in [-0.3, -0.25) is 4.79 Å². The van der Waals surface area contributed by atoms with Gasteiger partial charge in [0.05, 0.1) is 24.1 Å². The third-order valence-corrected chi connectivity index (χ3v) is 12.9. The summed E-state index contributed by atoms with van der Waals surface area (Å²) in [6.45, 7) is 22.9. The molecule has 3 rings (SSSR count). The van der Waals surface area contributed by atoms with Gasteiger partial charge in [0, 0.05) is 6.54 Å². The summed E-state index contributed by atoms with van der Waals surface area (Å²) in [6, 6.07) is -0.310. The third-order valence-electron chi connectivity index (χ3n) is 8.30. The lowest BCUT2D eigenvalue weighted by Crippen LogP contribution is -2.63. The van der Waals surface area contributed by atoms with E-state index in [0.29, 0.717) is 18.7 Å². The lowest BCUT2D eigenvalue weighted by Gasteiger charge is -2.48. The summed E-state index contributed by atoms with van der Waals surface area (Å²) >= 11 is 0. The van der Waals surface area contributed by atoms with E-state index in [2.05, 4.69) is 47.0 Å². The average molecular weight is 545 g/mol. The number of nitrogens with zero attached hydrogens (tertiary/aromatic N) is 2. The molecule has 3 heterocycles. The minimum Gasteiger partial charge on any atom is -0.457 e. The Morgan fingerprint density at radius 3 is 2.39 bits per heavy atom. The lowest BCUT2D eigenvalue weighted by atomic mass is 9.82. The van der Waals surface area contributed by atoms with Gasteiger partial charge in [-0.2, -0.15) is 0 Å². The molecule has 0 N–H and O–H groups in total. The number of carbonyl (C=O) groups excluding carboxylic acids is 3. The first-order valence-corrected chi connectivity index (χ1v) is 16.4. The normalized spacial score (nSPS) is 24.7. The van der Waals surface area contributed by atoms with E-state index in [9.17, 15) is 14.4 Å². The van der Waals surface area contributed by atoms with Gasteiger partial charge in [0.15, 0.2) is 8.32 Å². The Bertz CT molecular complexity index is 1040. The van der Waals surface area contributed by atoms with Crippen LogP contribution < -0.4 is 0 Å². The molecule has 0 aromatic heterocycles. The first kappa shape index (κ1) is 29.9. The molecule has 0 unspecified atom stereocenters. The van der Waals surface area contributed by atoms with Crippen LogP contribution >= 0.6 is 0 Å². The number of ether oxygens (including phenoxy) is 2. The van der Waals surface area contributed by atoms with E-state index in [1.807, 2.05) is 19.9 Å². The predicted octanol–water partition coefficient (Wildman–Crippen LogP) is 5.34. The summed E-state index contributed by atoms with van der Waals surface area (Å²) in [5, 5.41) is 0.0196. The molecule has 8 nitrogen and oxygen atoms in total. The van der Waals surface area contributed by atoms with Crippen LogP contribution in [0.1, 0.15) is 53.9 Å². The number of hydrogen-bond donors (Lipinski definition) is 0. The fourth-order valence-electron chi connectivity index (χ4n) is 5.31. The van der Waals surface area contributed by atoms with Crippen LogP contribution in [0.3, 0.4) is 0 Å². The molecule has 0 spiro atoms. The summed E-state index contributed by atoms with van der Waals surface area (Å²) in [5.41, 5.74) is 1.94. The molecule has 2 saturated heterocycles. The van der Waals surface area contributed by atoms with Crippen molar-refractivity contribution in [2.75, 3.05) is 19.8 Å². The van der Waals surface area contributed by atoms with Crippen molar-refractivity contribution < 1.29 is 28.3 Å². The average Bonchev–Trinajstić information content (AvgIpc) is 3.42. The standard InChI is InChI=1S/C29H44N2O6Si/c1-10-15-35-27(33)25-22(19(3)17-21-13-12-14-30(21)28(34)36-16-11-2)18-23-24(26(32)31(23)25)20(4)37-38(8,9)29(5,6)7/h10-11,17,20-21,23-24H,1-2,12-16,18H2,3-9H3/b19-17+/t20-,21+,23-,24-/m1/s1. The zero-order valence-corrected chi connectivity index (χ0v) is 25.0. The smallest absolute Gasteiger partial charge is 0.410 e. The maximum atomic E-state index is 13.5. The number of β-lactam (4-membered cyclic amide) rings is 1. The summed E-state index contributed by atoms with van der Waals surface area (Å²) < 4.78 is 17.2. The molecule has 0 saturated carbocycles. The van der Waals surface area contributed by atoms with Crippen LogP contribution in [-0.4, -0.2) is 74.0 Å². The molecular formula is C29H44N2O6Si. The van der Waals surface area contributed by atoms with Crippen LogP contribution in [0.4, 0.5) is 4.79 Å². The molecule has 0 aromatic carbocycles. The number of amides is 2. The molecule has 2 amide bonds. The zero-order chi connectivity index (χ0) is 28.4. The van der Waals surface area contributed by atoms with Crippen molar-refractivity contribution in [1.29, 1.82) is 0 Å². The van der Waals surface area contributed by atoms with Crippen LogP contribution in [0.5, 0.6) is 0 Å². The van der Waals surface area contributed by atoms with E-state index in [4.69, 9.17) is 13.9 Å². The minimum atomic E-state index is -2.09. The van der Waals surface area contributed by atoms with E-state index in [1.54, 1.807) is 15.9 Å². The number of allylic oxidation sites excluding steroid dienone is 1. The number of fused-ring (bicyclic) bond motifs is 1. The first-order valence-electron chi connectivity index (χ1n) is 13.5. The van der Waals surface area contributed by atoms with Gasteiger partial charge in [0.1, 0.15) is 18.9 Å². The first-order chi connectivity index (χ1) is 17.7. The van der Waals surface area contributed by atoms with E-state index in [0.717, 1.165) is 24.0 Å². The van der Waals surface area contributed by atoms with Crippen LogP contribution in [0.2, 0.25) is 18.1 Å². The highest BCUT2D eigenvalue weighted by Gasteiger charge is 2.58. The van der Waals surface area contributed by atoms with E-state index < -0.39 is 14.3 Å². The van der Waals surface area contributed by atoms with Crippen LogP contribution in [0, 0.1) is 5.92 Å². The predicted molar refractivity (Wildman–Crippen MR) is 150 cm³/mol. The van der Waals surface area contributed by atoms with Gasteiger partial charge in [0.25, 0.3) is 0 Å². The summed E-state index contributed by atoms with van der Waals surface area (Å²) in [5.74, 6) is -0.966. The Morgan fingerprint density at radius 1 is 1.16 bits per heavy atom. The van der Waals surface area contributed by atoms with Crippen molar-refractivity contribution in [1.82, 2.24) is 9.80 Å². The Morgan fingerprint density at radius 2 is 1.79 bits per heavy atom. The van der Waals surface area contributed by atoms with Crippen molar-refractivity contribution in [2.45, 2.75) is 90.2 Å². The molecular weight excluding hydrogens is 500 g/mol. The van der Waals surface area contributed by atoms with Gasteiger partial charge in [-0.1, -0.05) is 52.2 Å². The molecule has 3 aliphatic heterocycles. The van der Waals surface area contributed by atoms with Crippen LogP contribution in [0.15, 0.2) is 48.2 Å². The van der Waals surface area contributed by atoms with Gasteiger partial charge >= 0.3 is 12.1 Å². The summed E-state index contributed by atoms with van der Waals surface area (Å²) in [6.07, 6.45) is 6.63. The molecule has 38 heavy (non-hydrogen) atoms. The highest BCUT2D eigenvalue weighted by atomic mass is 28.4. The van der Waals surface area contributed by atoms with Crippen molar-refractivity contribution in [2.24, 2.45) is 5.92 Å². The van der Waals surface area contributed by atoms with Crippen molar-refractivity contribution in [3.63, 3.8) is 0 Å². The molecule has 4 atom stereocenters. The molecule has 0 radical (unpaired) electrons. The van der Waals surface area contributed by atoms with Crippen LogP contribution in [0.25, 0.3) is 0 Å². The summed E-state index contributed by atoms with van der Waals surface area (Å²) in [4.78, 5) is 42.5. The fraction of sp³-hybridized carbons (Fsp3) is 0.621. The van der Waals surface area contributed by atoms with E-state index in [-0.39, 0.29) is 54.4 Å². The number of hydrogen-bond acceptors (Lipinski definition) is 6. The zero-order valence-electron chi connectivity index (χ0n) is 24.0. The topological polar surface area (TPSA) is 85.4 Å². The Kier molecular flexibility index (Phi) is 9.14. The van der Waals surface area contributed by atoms with Crippen molar-refractivity contribution in [3.05, 3.63) is 48.2 Å². The molecule has 9 heteroatoms. The van der Waals surface area contributed by atoms with Crippen molar-refractivity contribution in [3.8, 4) is 0 Å². The Balaban J connectivity index is 1.87.